The predicted molar refractivity (Wildman–Crippen MR) is 96.4 cm³/mol. The second kappa shape index (κ2) is 7.74. The highest BCUT2D eigenvalue weighted by atomic mass is 16.4. The van der Waals surface area contributed by atoms with E-state index in [0.717, 1.165) is 0 Å². The summed E-state index contributed by atoms with van der Waals surface area (Å²) in [6.45, 7) is 0. The Morgan fingerprint density at radius 3 is 1.96 bits per heavy atom. The largest absolute Gasteiger partial charge is 0.478 e. The average Bonchev–Trinajstić information content (AvgIpc) is 2.66. The molecule has 0 fully saturated rings. The number of carboxylic acids is 1. The zero-order valence-electron chi connectivity index (χ0n) is 13.1. The predicted octanol–water partition coefficient (Wildman–Crippen LogP) is 3.68. The van der Waals surface area contributed by atoms with E-state index in [1.165, 1.54) is 12.1 Å². The molecule has 1 N–H and O–H groups in total. The number of aliphatic imine (C=N–C) groups is 2. The molecule has 0 spiro atoms. The van der Waals surface area contributed by atoms with Gasteiger partial charge in [0.1, 0.15) is 0 Å². The summed E-state index contributed by atoms with van der Waals surface area (Å²) in [4.78, 5) is 28.3. The van der Waals surface area contributed by atoms with Crippen LogP contribution in [0.4, 0.5) is 11.4 Å². The van der Waals surface area contributed by atoms with Crippen LogP contribution in [0.2, 0.25) is 0 Å². The first-order chi connectivity index (χ1) is 12.2. The normalized spacial score (nSPS) is 11.2. The van der Waals surface area contributed by atoms with Gasteiger partial charge in [-0.1, -0.05) is 12.1 Å². The van der Waals surface area contributed by atoms with Crippen LogP contribution in [0.15, 0.2) is 77.0 Å². The summed E-state index contributed by atoms with van der Waals surface area (Å²) < 4.78 is 0. The van der Waals surface area contributed by atoms with Gasteiger partial charge in [-0.2, -0.15) is 0 Å². The first-order valence-corrected chi connectivity index (χ1v) is 7.50. The van der Waals surface area contributed by atoms with Gasteiger partial charge >= 0.3 is 5.97 Å². The smallest absolute Gasteiger partial charge is 0.335 e. The van der Waals surface area contributed by atoms with Gasteiger partial charge in [0.05, 0.1) is 40.8 Å². The van der Waals surface area contributed by atoms with Crippen LogP contribution in [0.5, 0.6) is 0 Å². The molecule has 2 heterocycles. The number of nitrogens with zero attached hydrogens (tertiary/aromatic N) is 4. The molecule has 0 aliphatic rings. The van der Waals surface area contributed by atoms with Crippen LogP contribution in [0.25, 0.3) is 0 Å². The Balaban J connectivity index is 1.95. The first-order valence-electron chi connectivity index (χ1n) is 7.50. The number of carbonyl (C=O) groups is 1. The number of hydrogen-bond acceptors (Lipinski definition) is 5. The SMILES string of the molecule is O=C(O)c1ccc(N=Cc2ccccn2)c(N=Cc2ccccn2)c1. The maximum atomic E-state index is 11.2. The van der Waals surface area contributed by atoms with Crippen LogP contribution < -0.4 is 0 Å². The second-order valence-corrected chi connectivity index (χ2v) is 5.03. The summed E-state index contributed by atoms with van der Waals surface area (Å²) in [6.07, 6.45) is 6.51. The van der Waals surface area contributed by atoms with Crippen molar-refractivity contribution in [3.63, 3.8) is 0 Å². The van der Waals surface area contributed by atoms with Crippen molar-refractivity contribution < 1.29 is 9.90 Å². The monoisotopic (exact) mass is 330 g/mol. The Morgan fingerprint density at radius 1 is 0.840 bits per heavy atom. The summed E-state index contributed by atoms with van der Waals surface area (Å²) in [5, 5.41) is 9.18. The molecule has 0 saturated carbocycles. The van der Waals surface area contributed by atoms with E-state index >= 15 is 0 Å². The highest BCUT2D eigenvalue weighted by molar-refractivity contribution is 5.92. The van der Waals surface area contributed by atoms with E-state index in [0.29, 0.717) is 22.8 Å². The van der Waals surface area contributed by atoms with Crippen LogP contribution in [-0.2, 0) is 0 Å². The van der Waals surface area contributed by atoms with Crippen molar-refractivity contribution in [1.29, 1.82) is 0 Å². The molecule has 1 aromatic carbocycles. The molecule has 6 heteroatoms. The minimum atomic E-state index is -1.02. The van der Waals surface area contributed by atoms with E-state index in [1.54, 1.807) is 37.0 Å². The molecule has 0 unspecified atom stereocenters. The van der Waals surface area contributed by atoms with Crippen LogP contribution in [0, 0.1) is 0 Å². The van der Waals surface area contributed by atoms with Crippen molar-refractivity contribution in [2.75, 3.05) is 0 Å². The van der Waals surface area contributed by atoms with Gasteiger partial charge in [0.15, 0.2) is 0 Å². The van der Waals surface area contributed by atoms with Gasteiger partial charge in [-0.25, -0.2) is 4.79 Å². The van der Waals surface area contributed by atoms with Crippen LogP contribution in [-0.4, -0.2) is 33.5 Å². The van der Waals surface area contributed by atoms with Gasteiger partial charge in [-0.3, -0.25) is 20.0 Å². The van der Waals surface area contributed by atoms with Gasteiger partial charge in [0, 0.05) is 12.4 Å². The molecule has 0 amide bonds. The first kappa shape index (κ1) is 16.2. The average molecular weight is 330 g/mol. The lowest BCUT2D eigenvalue weighted by Crippen LogP contribution is -1.95. The van der Waals surface area contributed by atoms with E-state index in [-0.39, 0.29) is 5.56 Å². The molecule has 0 atom stereocenters. The fourth-order valence-electron chi connectivity index (χ4n) is 2.05. The number of carboxylic acid groups (broad SMARTS) is 1. The van der Waals surface area contributed by atoms with Gasteiger partial charge < -0.3 is 5.11 Å². The second-order valence-electron chi connectivity index (χ2n) is 5.03. The van der Waals surface area contributed by atoms with E-state index < -0.39 is 5.97 Å². The van der Waals surface area contributed by atoms with E-state index in [1.807, 2.05) is 30.3 Å². The summed E-state index contributed by atoms with van der Waals surface area (Å²) >= 11 is 0. The molecule has 3 rings (SSSR count). The number of rotatable bonds is 5. The number of hydrogen-bond donors (Lipinski definition) is 1. The molecular weight excluding hydrogens is 316 g/mol. The fourth-order valence-corrected chi connectivity index (χ4v) is 2.05. The van der Waals surface area contributed by atoms with Crippen molar-refractivity contribution in [1.82, 2.24) is 9.97 Å². The van der Waals surface area contributed by atoms with E-state index in [4.69, 9.17) is 0 Å². The highest BCUT2D eigenvalue weighted by Crippen LogP contribution is 2.29. The van der Waals surface area contributed by atoms with Crippen LogP contribution >= 0.6 is 0 Å². The maximum absolute atomic E-state index is 11.2. The van der Waals surface area contributed by atoms with Gasteiger partial charge in [0.25, 0.3) is 0 Å². The molecule has 0 aliphatic carbocycles. The Labute approximate surface area is 144 Å². The number of aromatic carboxylic acids is 1. The molecular formula is C19H14N4O2. The summed E-state index contributed by atoms with van der Waals surface area (Å²) in [7, 11) is 0. The zero-order valence-corrected chi connectivity index (χ0v) is 13.1. The fraction of sp³-hybridized carbons (Fsp3) is 0. The topological polar surface area (TPSA) is 87.8 Å². The Bertz CT molecular complexity index is 923. The number of pyridine rings is 2. The lowest BCUT2D eigenvalue weighted by atomic mass is 10.1. The Kier molecular flexibility index (Phi) is 5.01. The van der Waals surface area contributed by atoms with Gasteiger partial charge in [0.2, 0.25) is 0 Å². The third-order valence-electron chi connectivity index (χ3n) is 3.27. The third kappa shape index (κ3) is 4.42. The Hall–Kier alpha value is -3.67. The van der Waals surface area contributed by atoms with Crippen molar-refractivity contribution >= 4 is 29.8 Å². The maximum Gasteiger partial charge on any atom is 0.335 e. The lowest BCUT2D eigenvalue weighted by molar-refractivity contribution is 0.0697. The third-order valence-corrected chi connectivity index (χ3v) is 3.27. The molecule has 25 heavy (non-hydrogen) atoms. The van der Waals surface area contributed by atoms with Gasteiger partial charge in [-0.15, -0.1) is 0 Å². The van der Waals surface area contributed by atoms with Crippen LogP contribution in [0.3, 0.4) is 0 Å². The van der Waals surface area contributed by atoms with E-state index in [2.05, 4.69) is 20.0 Å². The minimum absolute atomic E-state index is 0.143. The number of benzene rings is 1. The van der Waals surface area contributed by atoms with Crippen molar-refractivity contribution in [2.24, 2.45) is 9.98 Å². The summed E-state index contributed by atoms with van der Waals surface area (Å²) in [6, 6.07) is 15.6. The summed E-state index contributed by atoms with van der Waals surface area (Å²) in [5.74, 6) is -1.02. The summed E-state index contributed by atoms with van der Waals surface area (Å²) in [5.41, 5.74) is 2.50. The minimum Gasteiger partial charge on any atom is -0.478 e. The molecule has 122 valence electrons. The van der Waals surface area contributed by atoms with Crippen molar-refractivity contribution in [2.45, 2.75) is 0 Å². The highest BCUT2D eigenvalue weighted by Gasteiger charge is 2.07. The van der Waals surface area contributed by atoms with Crippen molar-refractivity contribution in [3.8, 4) is 0 Å². The molecule has 2 aromatic heterocycles. The molecule has 3 aromatic rings. The molecule has 0 aliphatic heterocycles. The van der Waals surface area contributed by atoms with Crippen molar-refractivity contribution in [3.05, 3.63) is 83.9 Å². The number of aromatic nitrogens is 2. The zero-order chi connectivity index (χ0) is 17.5. The standard InChI is InChI=1S/C19H14N4O2/c24-19(25)14-7-8-17(22-12-15-5-1-3-9-20-15)18(11-14)23-13-16-6-2-4-10-21-16/h1-13H,(H,24,25). The van der Waals surface area contributed by atoms with Gasteiger partial charge in [-0.05, 0) is 42.5 Å². The van der Waals surface area contributed by atoms with E-state index in [9.17, 15) is 9.90 Å². The molecule has 6 nitrogen and oxygen atoms in total. The molecule has 0 bridgehead atoms. The quantitative estimate of drug-likeness (QED) is 0.723. The molecule has 0 radical (unpaired) electrons. The Morgan fingerprint density at radius 2 is 1.44 bits per heavy atom. The lowest BCUT2D eigenvalue weighted by Gasteiger charge is -2.02. The molecule has 0 saturated heterocycles. The van der Waals surface area contributed by atoms with Crippen LogP contribution in [0.1, 0.15) is 21.7 Å².